The summed E-state index contributed by atoms with van der Waals surface area (Å²) >= 11 is 0. The molecule has 0 aromatic heterocycles. The Balaban J connectivity index is 2.02. The van der Waals surface area contributed by atoms with E-state index in [0.29, 0.717) is 38.1 Å². The van der Waals surface area contributed by atoms with E-state index in [0.717, 1.165) is 12.0 Å². The van der Waals surface area contributed by atoms with Gasteiger partial charge in [-0.25, -0.2) is 0 Å². The Morgan fingerprint density at radius 2 is 1.91 bits per heavy atom. The van der Waals surface area contributed by atoms with Crippen LogP contribution >= 0.6 is 0 Å². The largest absolute Gasteiger partial charge is 0.466 e. The minimum atomic E-state index is -0.733. The maximum absolute atomic E-state index is 13.2. The van der Waals surface area contributed by atoms with Gasteiger partial charge in [0.25, 0.3) is 5.91 Å². The second-order valence-electron chi connectivity index (χ2n) is 9.10. The molecule has 0 aliphatic carbocycles. The van der Waals surface area contributed by atoms with Gasteiger partial charge in [-0.05, 0) is 50.7 Å². The molecule has 3 amide bonds. The van der Waals surface area contributed by atoms with Crippen LogP contribution in [-0.4, -0.2) is 72.8 Å². The molecule has 8 heteroatoms. The van der Waals surface area contributed by atoms with Crippen LogP contribution in [0.1, 0.15) is 56.0 Å². The lowest BCUT2D eigenvalue weighted by Gasteiger charge is -2.33. The third-order valence-electron chi connectivity index (χ3n) is 5.84. The number of likely N-dealkylation sites (N-methyl/N-ethyl adjacent to an activating group) is 1. The average Bonchev–Trinajstić information content (AvgIpc) is 2.78. The van der Waals surface area contributed by atoms with Crippen LogP contribution in [0.5, 0.6) is 0 Å². The minimum Gasteiger partial charge on any atom is -0.466 e. The van der Waals surface area contributed by atoms with Gasteiger partial charge in [0.05, 0.1) is 19.1 Å². The van der Waals surface area contributed by atoms with E-state index in [2.05, 4.69) is 5.32 Å². The first-order chi connectivity index (χ1) is 15.6. The highest BCUT2D eigenvalue weighted by Gasteiger charge is 2.32. The SMILES string of the molecule is CCOC(=O)C1CCCN(C(=O)CN(C)C(=O)C(CC(C)C)NC(=O)c2ccccc2C)C1. The molecule has 182 valence electrons. The Hall–Kier alpha value is -2.90. The topological polar surface area (TPSA) is 96.0 Å². The number of carbonyl (C=O) groups excluding carboxylic acids is 4. The van der Waals surface area contributed by atoms with Crippen LogP contribution < -0.4 is 5.32 Å². The lowest BCUT2D eigenvalue weighted by molar-refractivity contribution is -0.152. The van der Waals surface area contributed by atoms with Crippen LogP contribution in [0.4, 0.5) is 0 Å². The predicted molar refractivity (Wildman–Crippen MR) is 125 cm³/mol. The van der Waals surface area contributed by atoms with Gasteiger partial charge in [-0.3, -0.25) is 19.2 Å². The molecule has 2 atom stereocenters. The van der Waals surface area contributed by atoms with E-state index in [1.165, 1.54) is 4.90 Å². The maximum atomic E-state index is 13.2. The molecule has 2 rings (SSSR count). The summed E-state index contributed by atoms with van der Waals surface area (Å²) in [6, 6.07) is 6.49. The summed E-state index contributed by atoms with van der Waals surface area (Å²) in [6.45, 7) is 8.63. The van der Waals surface area contributed by atoms with Crippen LogP contribution in [0.15, 0.2) is 24.3 Å². The van der Waals surface area contributed by atoms with Gasteiger partial charge in [0.1, 0.15) is 6.04 Å². The van der Waals surface area contributed by atoms with Gasteiger partial charge in [-0.2, -0.15) is 0 Å². The Morgan fingerprint density at radius 1 is 1.21 bits per heavy atom. The molecule has 33 heavy (non-hydrogen) atoms. The van der Waals surface area contributed by atoms with Crippen molar-refractivity contribution in [3.63, 3.8) is 0 Å². The van der Waals surface area contributed by atoms with Crippen molar-refractivity contribution in [2.75, 3.05) is 33.3 Å². The van der Waals surface area contributed by atoms with Crippen LogP contribution in [0.3, 0.4) is 0 Å². The van der Waals surface area contributed by atoms with Gasteiger partial charge >= 0.3 is 5.97 Å². The maximum Gasteiger partial charge on any atom is 0.310 e. The number of ether oxygens (including phenoxy) is 1. The monoisotopic (exact) mass is 459 g/mol. The van der Waals surface area contributed by atoms with Crippen molar-refractivity contribution in [3.8, 4) is 0 Å². The highest BCUT2D eigenvalue weighted by molar-refractivity contribution is 5.99. The Morgan fingerprint density at radius 3 is 2.55 bits per heavy atom. The van der Waals surface area contributed by atoms with Crippen LogP contribution in [-0.2, 0) is 19.1 Å². The quantitative estimate of drug-likeness (QED) is 0.572. The number of hydrogen-bond donors (Lipinski definition) is 1. The first-order valence-corrected chi connectivity index (χ1v) is 11.7. The number of amides is 3. The lowest BCUT2D eigenvalue weighted by atomic mass is 9.98. The number of likely N-dealkylation sites (tertiary alicyclic amines) is 1. The van der Waals surface area contributed by atoms with Crippen molar-refractivity contribution >= 4 is 23.7 Å². The third kappa shape index (κ3) is 7.58. The zero-order valence-corrected chi connectivity index (χ0v) is 20.4. The van der Waals surface area contributed by atoms with Crippen molar-refractivity contribution in [3.05, 3.63) is 35.4 Å². The van der Waals surface area contributed by atoms with E-state index >= 15 is 0 Å². The fourth-order valence-electron chi connectivity index (χ4n) is 4.06. The van der Waals surface area contributed by atoms with E-state index in [4.69, 9.17) is 4.74 Å². The highest BCUT2D eigenvalue weighted by atomic mass is 16.5. The number of aryl methyl sites for hydroxylation is 1. The highest BCUT2D eigenvalue weighted by Crippen LogP contribution is 2.18. The van der Waals surface area contributed by atoms with Crippen molar-refractivity contribution < 1.29 is 23.9 Å². The first-order valence-electron chi connectivity index (χ1n) is 11.7. The number of piperidine rings is 1. The molecule has 0 radical (unpaired) electrons. The molecule has 1 saturated heterocycles. The molecule has 0 spiro atoms. The summed E-state index contributed by atoms with van der Waals surface area (Å²) in [4.78, 5) is 53.9. The molecule has 1 aliphatic rings. The average molecular weight is 460 g/mol. The summed E-state index contributed by atoms with van der Waals surface area (Å²) < 4.78 is 5.10. The molecule has 8 nitrogen and oxygen atoms in total. The van der Waals surface area contributed by atoms with Gasteiger partial charge in [0.2, 0.25) is 11.8 Å². The zero-order valence-electron chi connectivity index (χ0n) is 20.4. The smallest absolute Gasteiger partial charge is 0.310 e. The second-order valence-corrected chi connectivity index (χ2v) is 9.10. The molecule has 1 heterocycles. The number of hydrogen-bond acceptors (Lipinski definition) is 5. The van der Waals surface area contributed by atoms with Crippen molar-refractivity contribution in [1.82, 2.24) is 15.1 Å². The molecule has 0 saturated carbocycles. The van der Waals surface area contributed by atoms with Gasteiger partial charge in [0.15, 0.2) is 0 Å². The summed E-state index contributed by atoms with van der Waals surface area (Å²) in [5.41, 5.74) is 1.35. The molecule has 1 aromatic rings. The van der Waals surface area contributed by atoms with Gasteiger partial charge < -0.3 is 19.9 Å². The van der Waals surface area contributed by atoms with Crippen LogP contribution in [0.2, 0.25) is 0 Å². The molecule has 2 unspecified atom stereocenters. The lowest BCUT2D eigenvalue weighted by Crippen LogP contribution is -2.52. The van der Waals surface area contributed by atoms with E-state index in [1.54, 1.807) is 31.0 Å². The fourth-order valence-corrected chi connectivity index (χ4v) is 4.06. The van der Waals surface area contributed by atoms with E-state index in [9.17, 15) is 19.2 Å². The fraction of sp³-hybridized carbons (Fsp3) is 0.600. The summed E-state index contributed by atoms with van der Waals surface area (Å²) in [5, 5.41) is 2.86. The zero-order chi connectivity index (χ0) is 24.5. The van der Waals surface area contributed by atoms with Crippen molar-refractivity contribution in [2.24, 2.45) is 11.8 Å². The number of esters is 1. The molecule has 0 bridgehead atoms. The number of nitrogens with zero attached hydrogens (tertiary/aromatic N) is 2. The standard InChI is InChI=1S/C25H37N3O5/c1-6-33-25(32)19-11-9-13-28(15-19)22(29)16-27(5)24(31)21(14-17(2)3)26-23(30)20-12-8-7-10-18(20)4/h7-8,10,12,17,19,21H,6,9,11,13-16H2,1-5H3,(H,26,30). The molecule has 1 aliphatic heterocycles. The Kier molecular flexibility index (Phi) is 9.88. The van der Waals surface area contributed by atoms with Gasteiger partial charge in [0, 0.05) is 25.7 Å². The number of nitrogens with one attached hydrogen (secondary N) is 1. The predicted octanol–water partition coefficient (Wildman–Crippen LogP) is 2.40. The Labute approximate surface area is 196 Å². The first kappa shape index (κ1) is 26.4. The molecule has 1 aromatic carbocycles. The van der Waals surface area contributed by atoms with Gasteiger partial charge in [-0.1, -0.05) is 32.0 Å². The van der Waals surface area contributed by atoms with E-state index in [1.807, 2.05) is 32.9 Å². The van der Waals surface area contributed by atoms with Crippen molar-refractivity contribution in [2.45, 2.75) is 53.0 Å². The summed E-state index contributed by atoms with van der Waals surface area (Å²) in [6.07, 6.45) is 1.87. The van der Waals surface area contributed by atoms with E-state index < -0.39 is 6.04 Å². The molecular formula is C25H37N3O5. The number of benzene rings is 1. The minimum absolute atomic E-state index is 0.108. The van der Waals surface area contributed by atoms with Crippen molar-refractivity contribution in [1.29, 1.82) is 0 Å². The van der Waals surface area contributed by atoms with Crippen LogP contribution in [0, 0.1) is 18.8 Å². The van der Waals surface area contributed by atoms with E-state index in [-0.39, 0.29) is 42.1 Å². The normalized spacial score (nSPS) is 16.8. The number of carbonyl (C=O) groups is 4. The summed E-state index contributed by atoms with van der Waals surface area (Å²) in [5.74, 6) is -1.26. The molecule has 1 fully saturated rings. The molecule has 1 N–H and O–H groups in total. The van der Waals surface area contributed by atoms with Gasteiger partial charge in [-0.15, -0.1) is 0 Å². The number of rotatable bonds is 9. The second kappa shape index (κ2) is 12.4. The Bertz CT molecular complexity index is 854. The molecular weight excluding hydrogens is 422 g/mol. The summed E-state index contributed by atoms with van der Waals surface area (Å²) in [7, 11) is 1.57. The third-order valence-corrected chi connectivity index (χ3v) is 5.84. The van der Waals surface area contributed by atoms with Crippen LogP contribution in [0.25, 0.3) is 0 Å².